The zero-order chi connectivity index (χ0) is 15.9. The van der Waals surface area contributed by atoms with Crippen LogP contribution >= 0.6 is 11.6 Å². The number of nitrogens with one attached hydrogen (secondary N) is 2. The third-order valence-corrected chi connectivity index (χ3v) is 3.99. The molecule has 0 saturated carbocycles. The quantitative estimate of drug-likeness (QED) is 0.371. The van der Waals surface area contributed by atoms with E-state index in [4.69, 9.17) is 16.2 Å². The number of rotatable bonds is 8. The average Bonchev–Trinajstić information content (AvgIpc) is 2.41. The highest BCUT2D eigenvalue weighted by Crippen LogP contribution is 2.00. The van der Waals surface area contributed by atoms with Gasteiger partial charge >= 0.3 is 0 Å². The van der Waals surface area contributed by atoms with E-state index in [0.717, 1.165) is 5.56 Å². The highest BCUT2D eigenvalue weighted by atomic mass is 35.5. The minimum Gasteiger partial charge on any atom is -0.335 e. The summed E-state index contributed by atoms with van der Waals surface area (Å²) >= 11 is 5.55. The molecule has 0 heterocycles. The summed E-state index contributed by atoms with van der Waals surface area (Å²) in [5.41, 5.74) is 1.10. The van der Waals surface area contributed by atoms with Crippen molar-refractivity contribution in [1.29, 1.82) is 0 Å². The van der Waals surface area contributed by atoms with Crippen LogP contribution in [-0.4, -0.2) is 42.7 Å². The Morgan fingerprint density at radius 3 is 2.48 bits per heavy atom. The molecule has 1 rings (SSSR count). The van der Waals surface area contributed by atoms with Gasteiger partial charge in [0, 0.05) is 6.54 Å². The molecule has 21 heavy (non-hydrogen) atoms. The maximum atomic E-state index is 11.4. The summed E-state index contributed by atoms with van der Waals surface area (Å²) < 4.78 is 31.5. The second-order valence-corrected chi connectivity index (χ2v) is 6.82. The van der Waals surface area contributed by atoms with Crippen LogP contribution in [0.2, 0.25) is 0 Å². The summed E-state index contributed by atoms with van der Waals surface area (Å²) in [6, 6.07) is 9.66. The van der Waals surface area contributed by atoms with Crippen molar-refractivity contribution in [2.75, 3.05) is 13.1 Å². The van der Waals surface area contributed by atoms with Crippen LogP contribution in [-0.2, 0) is 21.3 Å². The number of benzene rings is 1. The van der Waals surface area contributed by atoms with E-state index in [1.807, 2.05) is 30.3 Å². The first kappa shape index (κ1) is 17.9. The summed E-state index contributed by atoms with van der Waals surface area (Å²) in [7, 11) is -4.39. The van der Waals surface area contributed by atoms with Gasteiger partial charge in [0.1, 0.15) is 5.38 Å². The van der Waals surface area contributed by atoms with Crippen LogP contribution in [0.1, 0.15) is 12.5 Å². The van der Waals surface area contributed by atoms with Crippen LogP contribution in [0.15, 0.2) is 30.3 Å². The van der Waals surface area contributed by atoms with E-state index >= 15 is 0 Å². The Kier molecular flexibility index (Phi) is 7.10. The Hall–Kier alpha value is -1.15. The van der Waals surface area contributed by atoms with E-state index in [2.05, 4.69) is 10.6 Å². The molecule has 0 aliphatic carbocycles. The molecule has 1 aromatic rings. The van der Waals surface area contributed by atoms with E-state index in [1.165, 1.54) is 6.92 Å². The van der Waals surface area contributed by atoms with E-state index < -0.39 is 26.8 Å². The first-order valence-corrected chi connectivity index (χ1v) is 8.40. The van der Waals surface area contributed by atoms with Crippen molar-refractivity contribution in [3.8, 4) is 0 Å². The lowest BCUT2D eigenvalue weighted by atomic mass is 10.1. The molecule has 0 fully saturated rings. The number of hydrogen-bond donors (Lipinski definition) is 3. The molecule has 0 aliphatic rings. The highest BCUT2D eigenvalue weighted by molar-refractivity contribution is 7.86. The molecular formula is C13H19ClN2O4S. The predicted octanol–water partition coefficient (Wildman–Crippen LogP) is 0.776. The number of carbonyl (C=O) groups excluding carboxylic acids is 1. The molecule has 3 N–H and O–H groups in total. The van der Waals surface area contributed by atoms with Crippen molar-refractivity contribution in [3.05, 3.63) is 35.9 Å². The molecule has 2 unspecified atom stereocenters. The van der Waals surface area contributed by atoms with Crippen molar-refractivity contribution < 1.29 is 17.8 Å². The SMILES string of the molecule is CC(Cl)C(=O)NC(CNCCc1ccccc1)S(=O)(=O)O. The Labute approximate surface area is 129 Å². The fourth-order valence-corrected chi connectivity index (χ4v) is 2.27. The van der Waals surface area contributed by atoms with Crippen molar-refractivity contribution >= 4 is 27.6 Å². The fraction of sp³-hybridized carbons (Fsp3) is 0.462. The van der Waals surface area contributed by atoms with Crippen LogP contribution in [0.3, 0.4) is 0 Å². The minimum absolute atomic E-state index is 0.0962. The Balaban J connectivity index is 2.45. The molecule has 0 bridgehead atoms. The van der Waals surface area contributed by atoms with Gasteiger partial charge in [-0.3, -0.25) is 9.35 Å². The summed E-state index contributed by atoms with van der Waals surface area (Å²) in [5, 5.41) is 2.78. The number of carbonyl (C=O) groups is 1. The van der Waals surface area contributed by atoms with Crippen molar-refractivity contribution in [2.45, 2.75) is 24.1 Å². The molecule has 0 spiro atoms. The maximum absolute atomic E-state index is 11.4. The maximum Gasteiger partial charge on any atom is 0.287 e. The average molecular weight is 335 g/mol. The zero-order valence-corrected chi connectivity index (χ0v) is 13.2. The van der Waals surface area contributed by atoms with Gasteiger partial charge in [-0.25, -0.2) is 0 Å². The van der Waals surface area contributed by atoms with Crippen molar-refractivity contribution in [1.82, 2.24) is 10.6 Å². The van der Waals surface area contributed by atoms with Crippen LogP contribution in [0.25, 0.3) is 0 Å². The van der Waals surface area contributed by atoms with Gasteiger partial charge in [0.2, 0.25) is 5.91 Å². The van der Waals surface area contributed by atoms with Crippen molar-refractivity contribution in [2.24, 2.45) is 0 Å². The normalized spacial score (nSPS) is 14.4. The molecular weight excluding hydrogens is 316 g/mol. The Morgan fingerprint density at radius 2 is 1.95 bits per heavy atom. The number of alkyl halides is 1. The lowest BCUT2D eigenvalue weighted by Gasteiger charge is -2.17. The minimum atomic E-state index is -4.39. The highest BCUT2D eigenvalue weighted by Gasteiger charge is 2.25. The topological polar surface area (TPSA) is 95.5 Å². The molecule has 0 aliphatic heterocycles. The number of amides is 1. The van der Waals surface area contributed by atoms with Crippen LogP contribution in [0.5, 0.6) is 0 Å². The van der Waals surface area contributed by atoms with E-state index in [9.17, 15) is 13.2 Å². The molecule has 0 radical (unpaired) electrons. The lowest BCUT2D eigenvalue weighted by Crippen LogP contribution is -2.49. The lowest BCUT2D eigenvalue weighted by molar-refractivity contribution is -0.120. The Morgan fingerprint density at radius 1 is 1.33 bits per heavy atom. The zero-order valence-electron chi connectivity index (χ0n) is 11.6. The van der Waals surface area contributed by atoms with Gasteiger partial charge in [-0.1, -0.05) is 30.3 Å². The molecule has 0 aromatic heterocycles. The number of hydrogen-bond acceptors (Lipinski definition) is 4. The van der Waals surface area contributed by atoms with Gasteiger partial charge in [-0.15, -0.1) is 11.6 Å². The van der Waals surface area contributed by atoms with Gasteiger partial charge in [0.25, 0.3) is 10.1 Å². The van der Waals surface area contributed by atoms with Gasteiger partial charge in [0.05, 0.1) is 0 Å². The van der Waals surface area contributed by atoms with Gasteiger partial charge < -0.3 is 10.6 Å². The predicted molar refractivity (Wildman–Crippen MR) is 81.8 cm³/mol. The molecule has 8 heteroatoms. The summed E-state index contributed by atoms with van der Waals surface area (Å²) in [6.07, 6.45) is 0.707. The standard InChI is InChI=1S/C13H19ClN2O4S/c1-10(14)13(17)16-12(21(18,19)20)9-15-8-7-11-5-3-2-4-6-11/h2-6,10,12,15H,7-9H2,1H3,(H,16,17)(H,18,19,20). The summed E-state index contributed by atoms with van der Waals surface area (Å²) in [5.74, 6) is -0.649. The number of halogens is 1. The molecule has 1 aromatic carbocycles. The van der Waals surface area contributed by atoms with Crippen molar-refractivity contribution in [3.63, 3.8) is 0 Å². The molecule has 1 amide bonds. The molecule has 6 nitrogen and oxygen atoms in total. The fourth-order valence-electron chi connectivity index (χ4n) is 1.61. The van der Waals surface area contributed by atoms with E-state index in [0.29, 0.717) is 13.0 Å². The van der Waals surface area contributed by atoms with E-state index in [-0.39, 0.29) is 6.54 Å². The third-order valence-electron chi connectivity index (χ3n) is 2.79. The molecule has 0 saturated heterocycles. The van der Waals surface area contributed by atoms with Gasteiger partial charge in [0.15, 0.2) is 5.37 Å². The van der Waals surface area contributed by atoms with Gasteiger partial charge in [-0.2, -0.15) is 8.42 Å². The summed E-state index contributed by atoms with van der Waals surface area (Å²) in [4.78, 5) is 11.4. The van der Waals surface area contributed by atoms with Crippen LogP contribution in [0.4, 0.5) is 0 Å². The van der Waals surface area contributed by atoms with E-state index in [1.54, 1.807) is 0 Å². The smallest absolute Gasteiger partial charge is 0.287 e. The first-order valence-electron chi connectivity index (χ1n) is 6.46. The van der Waals surface area contributed by atoms with Gasteiger partial charge in [-0.05, 0) is 25.5 Å². The summed E-state index contributed by atoms with van der Waals surface area (Å²) in [6.45, 7) is 1.84. The van der Waals surface area contributed by atoms with Crippen LogP contribution in [0, 0.1) is 0 Å². The first-order chi connectivity index (χ1) is 9.80. The Bertz CT molecular complexity index is 549. The second kappa shape index (κ2) is 8.33. The third kappa shape index (κ3) is 6.90. The molecule has 118 valence electrons. The second-order valence-electron chi connectivity index (χ2n) is 4.57. The van der Waals surface area contributed by atoms with Crippen LogP contribution < -0.4 is 10.6 Å². The monoisotopic (exact) mass is 334 g/mol. The molecule has 2 atom stereocenters. The largest absolute Gasteiger partial charge is 0.335 e.